The molecule has 1 heterocycles. The van der Waals surface area contributed by atoms with E-state index in [9.17, 15) is 9.59 Å². The van der Waals surface area contributed by atoms with Crippen LogP contribution in [0.5, 0.6) is 5.75 Å². The van der Waals surface area contributed by atoms with Gasteiger partial charge in [-0.1, -0.05) is 53.5 Å². The fourth-order valence-corrected chi connectivity index (χ4v) is 4.99. The Hall–Kier alpha value is -2.35. The lowest BCUT2D eigenvalue weighted by atomic mass is 10.0. The number of thiophene rings is 1. The largest absolute Gasteiger partial charge is 0.483 e. The number of hydrogen-bond donors (Lipinski definition) is 1. The molecule has 0 aliphatic carbocycles. The van der Waals surface area contributed by atoms with Crippen LogP contribution in [0.2, 0.25) is 5.02 Å². The van der Waals surface area contributed by atoms with E-state index in [2.05, 4.69) is 35.1 Å². The van der Waals surface area contributed by atoms with Crippen molar-refractivity contribution in [3.63, 3.8) is 0 Å². The zero-order chi connectivity index (χ0) is 24.1. The van der Waals surface area contributed by atoms with Gasteiger partial charge in [0, 0.05) is 19.9 Å². The molecule has 5 nitrogen and oxygen atoms in total. The first-order valence-corrected chi connectivity index (χ1v) is 12.5. The zero-order valence-corrected chi connectivity index (χ0v) is 22.0. The zero-order valence-electron chi connectivity index (χ0n) is 18.8. The van der Waals surface area contributed by atoms with Crippen molar-refractivity contribution in [3.8, 4) is 16.9 Å². The molecule has 0 bridgehead atoms. The van der Waals surface area contributed by atoms with E-state index in [1.807, 2.05) is 37.3 Å². The number of esters is 1. The van der Waals surface area contributed by atoms with Crippen LogP contribution in [-0.2, 0) is 9.53 Å². The molecule has 0 radical (unpaired) electrons. The molecule has 1 amide bonds. The van der Waals surface area contributed by atoms with Crippen molar-refractivity contribution in [2.75, 3.05) is 18.5 Å². The molecule has 1 N–H and O–H groups in total. The highest BCUT2D eigenvalue weighted by atomic mass is 79.9. The molecule has 0 saturated heterocycles. The maximum absolute atomic E-state index is 12.8. The quantitative estimate of drug-likeness (QED) is 0.296. The molecular weight excluding hydrogens is 526 g/mol. The third-order valence-electron chi connectivity index (χ3n) is 4.90. The number of rotatable bonds is 8. The van der Waals surface area contributed by atoms with E-state index in [0.717, 1.165) is 26.0 Å². The number of nitrogens with one attached hydrogen (secondary N) is 1. The summed E-state index contributed by atoms with van der Waals surface area (Å²) < 4.78 is 12.0. The molecule has 0 atom stereocenters. The predicted molar refractivity (Wildman–Crippen MR) is 138 cm³/mol. The van der Waals surface area contributed by atoms with E-state index in [1.165, 1.54) is 11.3 Å². The minimum atomic E-state index is -0.488. The lowest BCUT2D eigenvalue weighted by Crippen LogP contribution is -2.21. The van der Waals surface area contributed by atoms with Crippen molar-refractivity contribution in [2.45, 2.75) is 33.6 Å². The normalized spacial score (nSPS) is 10.9. The Kier molecular flexibility index (Phi) is 8.57. The van der Waals surface area contributed by atoms with Crippen LogP contribution in [-0.4, -0.2) is 25.1 Å². The Labute approximate surface area is 211 Å². The molecule has 8 heteroatoms. The van der Waals surface area contributed by atoms with Crippen LogP contribution in [0, 0.1) is 6.92 Å². The number of hydrogen-bond acceptors (Lipinski definition) is 5. The van der Waals surface area contributed by atoms with Gasteiger partial charge in [-0.25, -0.2) is 4.79 Å². The summed E-state index contributed by atoms with van der Waals surface area (Å²) >= 11 is 10.8. The van der Waals surface area contributed by atoms with Gasteiger partial charge in [-0.3, -0.25) is 4.79 Å². The number of halogens is 2. The fourth-order valence-electron chi connectivity index (χ4n) is 3.40. The van der Waals surface area contributed by atoms with Crippen LogP contribution in [0.25, 0.3) is 11.1 Å². The summed E-state index contributed by atoms with van der Waals surface area (Å²) in [5.74, 6) is 0.0381. The van der Waals surface area contributed by atoms with Crippen molar-refractivity contribution >= 4 is 55.7 Å². The minimum absolute atomic E-state index is 0.184. The molecule has 33 heavy (non-hydrogen) atoms. The van der Waals surface area contributed by atoms with E-state index in [0.29, 0.717) is 21.3 Å². The molecular formula is C25H25BrClNO4S. The van der Waals surface area contributed by atoms with Crippen molar-refractivity contribution in [2.24, 2.45) is 0 Å². The average Bonchev–Trinajstić information content (AvgIpc) is 3.09. The number of ether oxygens (including phenoxy) is 2. The summed E-state index contributed by atoms with van der Waals surface area (Å²) in [5, 5.41) is 3.88. The third kappa shape index (κ3) is 6.16. The molecule has 0 spiro atoms. The molecule has 3 aromatic rings. The molecule has 2 aromatic carbocycles. The van der Waals surface area contributed by atoms with Crippen LogP contribution in [0.1, 0.15) is 47.5 Å². The van der Waals surface area contributed by atoms with E-state index < -0.39 is 5.97 Å². The lowest BCUT2D eigenvalue weighted by molar-refractivity contribution is -0.118. The second-order valence-corrected chi connectivity index (χ2v) is 10.2. The standard InChI is InChI=1S/C25H25BrClNO4S/c1-5-31-25(30)23-22(16-6-9-18(27)10-7-16)15(4)33-24(23)28-21(29)13-32-20-11-8-17(26)12-19(20)14(2)3/h6-12,14H,5,13H2,1-4H3,(H,28,29). The molecule has 1 aromatic heterocycles. The maximum atomic E-state index is 12.8. The molecule has 0 aliphatic heterocycles. The van der Waals surface area contributed by atoms with E-state index >= 15 is 0 Å². The highest BCUT2D eigenvalue weighted by Crippen LogP contribution is 2.40. The first-order chi connectivity index (χ1) is 15.7. The number of benzene rings is 2. The first-order valence-electron chi connectivity index (χ1n) is 10.5. The van der Waals surface area contributed by atoms with Crippen molar-refractivity contribution in [1.29, 1.82) is 0 Å². The molecule has 0 fully saturated rings. The monoisotopic (exact) mass is 549 g/mol. The van der Waals surface area contributed by atoms with Gasteiger partial charge >= 0.3 is 5.97 Å². The van der Waals surface area contributed by atoms with Crippen LogP contribution in [0.4, 0.5) is 5.00 Å². The molecule has 0 saturated carbocycles. The van der Waals surface area contributed by atoms with Crippen LogP contribution in [0.3, 0.4) is 0 Å². The van der Waals surface area contributed by atoms with Gasteiger partial charge in [-0.2, -0.15) is 0 Å². The van der Waals surface area contributed by atoms with Gasteiger partial charge in [0.05, 0.1) is 6.61 Å². The Morgan fingerprint density at radius 3 is 2.48 bits per heavy atom. The number of aryl methyl sites for hydroxylation is 1. The first kappa shape index (κ1) is 25.3. The van der Waals surface area contributed by atoms with E-state index in [4.69, 9.17) is 21.1 Å². The van der Waals surface area contributed by atoms with E-state index in [-0.39, 0.29) is 25.0 Å². The summed E-state index contributed by atoms with van der Waals surface area (Å²) in [5.41, 5.74) is 2.88. The number of anilines is 1. The topological polar surface area (TPSA) is 64.6 Å². The summed E-state index contributed by atoms with van der Waals surface area (Å²) in [6.45, 7) is 7.82. The van der Waals surface area contributed by atoms with Crippen LogP contribution < -0.4 is 10.1 Å². The molecule has 3 rings (SSSR count). The summed E-state index contributed by atoms with van der Waals surface area (Å²) in [7, 11) is 0. The van der Waals surface area contributed by atoms with Gasteiger partial charge in [-0.05, 0) is 61.2 Å². The SMILES string of the molecule is CCOC(=O)c1c(NC(=O)COc2ccc(Br)cc2C(C)C)sc(C)c1-c1ccc(Cl)cc1. The molecule has 174 valence electrons. The van der Waals surface area contributed by atoms with Crippen molar-refractivity contribution in [3.05, 3.63) is 68.0 Å². The smallest absolute Gasteiger partial charge is 0.341 e. The molecule has 0 aliphatic rings. The fraction of sp³-hybridized carbons (Fsp3) is 0.280. The Morgan fingerprint density at radius 1 is 1.15 bits per heavy atom. The highest BCUT2D eigenvalue weighted by molar-refractivity contribution is 9.10. The highest BCUT2D eigenvalue weighted by Gasteiger charge is 2.25. The Balaban J connectivity index is 1.86. The second-order valence-electron chi connectivity index (χ2n) is 7.64. The summed E-state index contributed by atoms with van der Waals surface area (Å²) in [6, 6.07) is 12.9. The number of carbonyl (C=O) groups excluding carboxylic acids is 2. The van der Waals surface area contributed by atoms with Gasteiger partial charge < -0.3 is 14.8 Å². The van der Waals surface area contributed by atoms with Gasteiger partial charge in [-0.15, -0.1) is 11.3 Å². The van der Waals surface area contributed by atoms with Crippen molar-refractivity contribution < 1.29 is 19.1 Å². The lowest BCUT2D eigenvalue weighted by Gasteiger charge is -2.14. The molecule has 0 unspecified atom stereocenters. The summed E-state index contributed by atoms with van der Waals surface area (Å²) in [6.07, 6.45) is 0. The minimum Gasteiger partial charge on any atom is -0.483 e. The number of amides is 1. The van der Waals surface area contributed by atoms with Gasteiger partial charge in [0.15, 0.2) is 6.61 Å². The van der Waals surface area contributed by atoms with Gasteiger partial charge in [0.1, 0.15) is 16.3 Å². The predicted octanol–water partition coefficient (Wildman–Crippen LogP) is 7.46. The summed E-state index contributed by atoms with van der Waals surface area (Å²) in [4.78, 5) is 26.5. The van der Waals surface area contributed by atoms with Crippen LogP contribution in [0.15, 0.2) is 46.9 Å². The Morgan fingerprint density at radius 2 is 1.85 bits per heavy atom. The average molecular weight is 551 g/mol. The maximum Gasteiger partial charge on any atom is 0.341 e. The Bertz CT molecular complexity index is 1160. The van der Waals surface area contributed by atoms with Gasteiger partial charge in [0.25, 0.3) is 5.91 Å². The third-order valence-corrected chi connectivity index (χ3v) is 6.67. The van der Waals surface area contributed by atoms with E-state index in [1.54, 1.807) is 19.1 Å². The van der Waals surface area contributed by atoms with Crippen molar-refractivity contribution in [1.82, 2.24) is 0 Å². The van der Waals surface area contributed by atoms with Gasteiger partial charge in [0.2, 0.25) is 0 Å². The second kappa shape index (κ2) is 11.2. The number of carbonyl (C=O) groups is 2. The van der Waals surface area contributed by atoms with Crippen LogP contribution >= 0.6 is 38.9 Å².